The second-order valence-corrected chi connectivity index (χ2v) is 8.51. The maximum atomic E-state index is 12.4. The van der Waals surface area contributed by atoms with E-state index in [4.69, 9.17) is 0 Å². The molecule has 0 aliphatic carbocycles. The molecule has 0 radical (unpaired) electrons. The van der Waals surface area contributed by atoms with Crippen molar-refractivity contribution in [1.29, 1.82) is 0 Å². The maximum absolute atomic E-state index is 12.4. The summed E-state index contributed by atoms with van der Waals surface area (Å²) in [5.41, 5.74) is 0.376. The van der Waals surface area contributed by atoms with E-state index in [1.54, 1.807) is 6.92 Å². The van der Waals surface area contributed by atoms with Crippen LogP contribution in [0.3, 0.4) is 0 Å². The van der Waals surface area contributed by atoms with Crippen molar-refractivity contribution < 1.29 is 14.7 Å². The highest BCUT2D eigenvalue weighted by molar-refractivity contribution is 9.11. The first-order chi connectivity index (χ1) is 10.9. The van der Waals surface area contributed by atoms with Crippen LogP contribution in [-0.4, -0.2) is 40.0 Å². The lowest BCUT2D eigenvalue weighted by Crippen LogP contribution is -2.36. The number of rotatable bonds is 6. The third kappa shape index (κ3) is 4.84. The molecule has 0 aliphatic rings. The zero-order chi connectivity index (χ0) is 17.0. The molecule has 0 bridgehead atoms. The van der Waals surface area contributed by atoms with Crippen molar-refractivity contribution in [2.24, 2.45) is 0 Å². The normalized spacial score (nSPS) is 10.6. The van der Waals surface area contributed by atoms with Crippen molar-refractivity contribution in [2.45, 2.75) is 20.4 Å². The molecule has 0 aromatic carbocycles. The first kappa shape index (κ1) is 18.1. The Kier molecular flexibility index (Phi) is 6.28. The largest absolute Gasteiger partial charge is 0.395 e. The molecular formula is C14H16BrN3O3S2. The van der Waals surface area contributed by atoms with E-state index in [0.29, 0.717) is 17.4 Å². The number of nitrogens with one attached hydrogen (secondary N) is 1. The topological polar surface area (TPSA) is 82.5 Å². The number of urea groups is 1. The molecule has 2 N–H and O–H groups in total. The highest BCUT2D eigenvalue weighted by Crippen LogP contribution is 2.25. The number of Topliss-reactive ketones (excluding diaryl/α,β-unsaturated/α-hetero) is 1. The monoisotopic (exact) mass is 417 g/mol. The molecular weight excluding hydrogens is 402 g/mol. The van der Waals surface area contributed by atoms with E-state index in [9.17, 15) is 14.7 Å². The Morgan fingerprint density at radius 2 is 2.13 bits per heavy atom. The van der Waals surface area contributed by atoms with Crippen molar-refractivity contribution in [1.82, 2.24) is 9.88 Å². The van der Waals surface area contributed by atoms with E-state index in [-0.39, 0.29) is 25.0 Å². The van der Waals surface area contributed by atoms with Crippen LogP contribution in [0.15, 0.2) is 15.9 Å². The van der Waals surface area contributed by atoms with Gasteiger partial charge in [-0.25, -0.2) is 9.78 Å². The molecule has 0 aliphatic heterocycles. The smallest absolute Gasteiger partial charge is 0.324 e. The second-order valence-electron chi connectivity index (χ2n) is 4.76. The lowest BCUT2D eigenvalue weighted by molar-refractivity contribution is 0.101. The third-order valence-electron chi connectivity index (χ3n) is 2.98. The van der Waals surface area contributed by atoms with Crippen LogP contribution in [0, 0.1) is 6.92 Å². The summed E-state index contributed by atoms with van der Waals surface area (Å²) in [6, 6.07) is 3.49. The van der Waals surface area contributed by atoms with Gasteiger partial charge in [0, 0.05) is 23.2 Å². The number of aliphatic hydroxyl groups is 1. The predicted molar refractivity (Wildman–Crippen MR) is 95.4 cm³/mol. The lowest BCUT2D eigenvalue weighted by Gasteiger charge is -2.20. The van der Waals surface area contributed by atoms with Crippen LogP contribution in [0.5, 0.6) is 0 Å². The molecule has 2 aromatic heterocycles. The fourth-order valence-electron chi connectivity index (χ4n) is 1.95. The van der Waals surface area contributed by atoms with Gasteiger partial charge in [0.25, 0.3) is 0 Å². The Labute approximate surface area is 150 Å². The molecule has 0 atom stereocenters. The van der Waals surface area contributed by atoms with Gasteiger partial charge >= 0.3 is 6.03 Å². The van der Waals surface area contributed by atoms with Gasteiger partial charge in [0.05, 0.1) is 16.9 Å². The van der Waals surface area contributed by atoms with E-state index < -0.39 is 0 Å². The van der Waals surface area contributed by atoms with Crippen LogP contribution in [0.1, 0.15) is 27.2 Å². The third-order valence-corrected chi connectivity index (χ3v) is 5.47. The lowest BCUT2D eigenvalue weighted by atomic mass is 10.3. The summed E-state index contributed by atoms with van der Waals surface area (Å²) in [6.07, 6.45) is 0. The van der Waals surface area contributed by atoms with Crippen molar-refractivity contribution in [3.8, 4) is 0 Å². The fourth-order valence-corrected chi connectivity index (χ4v) is 4.30. The average molecular weight is 418 g/mol. The minimum Gasteiger partial charge on any atom is -0.395 e. The molecule has 0 unspecified atom stereocenters. The van der Waals surface area contributed by atoms with Crippen LogP contribution >= 0.6 is 38.6 Å². The zero-order valence-corrected chi connectivity index (χ0v) is 15.8. The maximum Gasteiger partial charge on any atom is 0.324 e. The number of thiophene rings is 1. The molecule has 0 fully saturated rings. The Hall–Kier alpha value is -1.29. The number of aliphatic hydroxyl groups excluding tert-OH is 1. The number of carbonyl (C=O) groups excluding carboxylic acids is 2. The molecule has 9 heteroatoms. The SMILES string of the molecule is CC(=O)c1nc(NC(=O)N(CCO)Cc2ccc(Br)s2)sc1C. The number of carbonyl (C=O) groups is 2. The second kappa shape index (κ2) is 8.00. The number of hydrogen-bond acceptors (Lipinski definition) is 6. The number of halogens is 1. The summed E-state index contributed by atoms with van der Waals surface area (Å²) in [4.78, 5) is 31.2. The summed E-state index contributed by atoms with van der Waals surface area (Å²) in [5, 5.41) is 12.2. The zero-order valence-electron chi connectivity index (χ0n) is 12.6. The summed E-state index contributed by atoms with van der Waals surface area (Å²) in [7, 11) is 0. The number of amides is 2. The Bertz CT molecular complexity index is 714. The van der Waals surface area contributed by atoms with Gasteiger partial charge in [-0.3, -0.25) is 10.1 Å². The standard InChI is InChI=1S/C14H16BrN3O3S2/c1-8(20)12-9(2)22-13(16-12)17-14(21)18(5-6-19)7-10-3-4-11(15)23-10/h3-4,19H,5-7H2,1-2H3,(H,16,17,21). The first-order valence-corrected chi connectivity index (χ1v) is 9.22. The van der Waals surface area contributed by atoms with Crippen molar-refractivity contribution >= 4 is 55.5 Å². The summed E-state index contributed by atoms with van der Waals surface area (Å²) < 4.78 is 0.985. The molecule has 0 saturated carbocycles. The molecule has 0 spiro atoms. The highest BCUT2D eigenvalue weighted by atomic mass is 79.9. The Morgan fingerprint density at radius 3 is 2.65 bits per heavy atom. The predicted octanol–water partition coefficient (Wildman–Crippen LogP) is 3.50. The van der Waals surface area contributed by atoms with Crippen LogP contribution < -0.4 is 5.32 Å². The minimum atomic E-state index is -0.354. The molecule has 2 heterocycles. The Balaban J connectivity index is 2.08. The van der Waals surface area contributed by atoms with Gasteiger partial charge in [0.2, 0.25) is 0 Å². The van der Waals surface area contributed by atoms with E-state index >= 15 is 0 Å². The molecule has 2 aromatic rings. The van der Waals surface area contributed by atoms with Crippen molar-refractivity contribution in [3.63, 3.8) is 0 Å². The van der Waals surface area contributed by atoms with Gasteiger partial charge in [0.15, 0.2) is 10.9 Å². The van der Waals surface area contributed by atoms with Gasteiger partial charge in [-0.15, -0.1) is 22.7 Å². The molecule has 124 valence electrons. The average Bonchev–Trinajstić information content (AvgIpc) is 3.04. The van der Waals surface area contributed by atoms with Gasteiger partial charge in [0.1, 0.15) is 5.69 Å². The number of anilines is 1. The molecule has 23 heavy (non-hydrogen) atoms. The van der Waals surface area contributed by atoms with Crippen molar-refractivity contribution in [2.75, 3.05) is 18.5 Å². The number of ketones is 1. The van der Waals surface area contributed by atoms with E-state index in [2.05, 4.69) is 26.2 Å². The van der Waals surface area contributed by atoms with Crippen molar-refractivity contribution in [3.05, 3.63) is 31.4 Å². The highest BCUT2D eigenvalue weighted by Gasteiger charge is 2.18. The first-order valence-electron chi connectivity index (χ1n) is 6.80. The molecule has 2 amide bonds. The summed E-state index contributed by atoms with van der Waals surface area (Å²) in [6.45, 7) is 3.71. The van der Waals surface area contributed by atoms with Gasteiger partial charge in [-0.1, -0.05) is 0 Å². The van der Waals surface area contributed by atoms with Gasteiger partial charge in [-0.05, 0) is 35.0 Å². The number of hydrogen-bond donors (Lipinski definition) is 2. The van der Waals surface area contributed by atoms with Crippen LogP contribution in [-0.2, 0) is 6.54 Å². The number of nitrogens with zero attached hydrogens (tertiary/aromatic N) is 2. The van der Waals surface area contributed by atoms with Crippen LogP contribution in [0.25, 0.3) is 0 Å². The molecule has 0 saturated heterocycles. The van der Waals surface area contributed by atoms with Crippen LogP contribution in [0.2, 0.25) is 0 Å². The van der Waals surface area contributed by atoms with E-state index in [1.807, 2.05) is 12.1 Å². The number of aryl methyl sites for hydroxylation is 1. The minimum absolute atomic E-state index is 0.129. The number of aromatic nitrogens is 1. The van der Waals surface area contributed by atoms with Gasteiger partial charge in [-0.2, -0.15) is 0 Å². The number of thiazole rings is 1. The summed E-state index contributed by atoms with van der Waals surface area (Å²) in [5.74, 6) is -0.130. The summed E-state index contributed by atoms with van der Waals surface area (Å²) >= 11 is 6.18. The Morgan fingerprint density at radius 1 is 1.39 bits per heavy atom. The fraction of sp³-hybridized carbons (Fsp3) is 0.357. The van der Waals surface area contributed by atoms with Crippen LogP contribution in [0.4, 0.5) is 9.93 Å². The van der Waals surface area contributed by atoms with E-state index in [0.717, 1.165) is 13.5 Å². The molecule has 2 rings (SSSR count). The van der Waals surface area contributed by atoms with E-state index in [1.165, 1.54) is 34.5 Å². The molecule has 6 nitrogen and oxygen atoms in total. The quantitative estimate of drug-likeness (QED) is 0.704. The van der Waals surface area contributed by atoms with Gasteiger partial charge < -0.3 is 10.0 Å².